The summed E-state index contributed by atoms with van der Waals surface area (Å²) in [6, 6.07) is 17.8. The van der Waals surface area contributed by atoms with Gasteiger partial charge >= 0.3 is 5.97 Å². The first-order valence-electron chi connectivity index (χ1n) is 8.69. The third-order valence-corrected chi connectivity index (χ3v) is 5.52. The molecular formula is C20H23ClN2O3S. The van der Waals surface area contributed by atoms with E-state index in [2.05, 4.69) is 5.32 Å². The third kappa shape index (κ3) is 6.27. The number of likely N-dealkylation sites (tertiary alicyclic amines) is 1. The fraction of sp³-hybridized carbons (Fsp3) is 0.300. The van der Waals surface area contributed by atoms with Crippen LogP contribution >= 0.6 is 24.2 Å². The molecule has 2 aromatic carbocycles. The summed E-state index contributed by atoms with van der Waals surface area (Å²) >= 11 is 1.61. The summed E-state index contributed by atoms with van der Waals surface area (Å²) in [6.07, 6.45) is 1.20. The zero-order chi connectivity index (χ0) is 18.4. The Morgan fingerprint density at radius 1 is 1.04 bits per heavy atom. The van der Waals surface area contributed by atoms with E-state index in [1.54, 1.807) is 11.8 Å². The Bertz CT molecular complexity index is 765. The fourth-order valence-corrected chi connectivity index (χ4v) is 3.93. The van der Waals surface area contributed by atoms with Gasteiger partial charge in [-0.05, 0) is 50.2 Å². The lowest BCUT2D eigenvalue weighted by molar-refractivity contribution is -0.143. The molecule has 0 unspecified atom stereocenters. The molecule has 1 aliphatic heterocycles. The number of carbonyl (C=O) groups is 2. The highest BCUT2D eigenvalue weighted by molar-refractivity contribution is 7.99. The zero-order valence-corrected chi connectivity index (χ0v) is 16.5. The highest BCUT2D eigenvalue weighted by Crippen LogP contribution is 2.33. The molecule has 1 amide bonds. The van der Waals surface area contributed by atoms with Crippen molar-refractivity contribution < 1.29 is 14.7 Å². The van der Waals surface area contributed by atoms with Gasteiger partial charge in [-0.1, -0.05) is 42.1 Å². The average molecular weight is 407 g/mol. The number of carbonyl (C=O) groups excluding carboxylic acids is 1. The van der Waals surface area contributed by atoms with Crippen molar-refractivity contribution in [1.82, 2.24) is 4.90 Å². The van der Waals surface area contributed by atoms with E-state index in [1.165, 1.54) is 0 Å². The Balaban J connectivity index is 0.00000261. The van der Waals surface area contributed by atoms with Crippen LogP contribution in [0.5, 0.6) is 0 Å². The zero-order valence-electron chi connectivity index (χ0n) is 14.8. The molecule has 0 spiro atoms. The van der Waals surface area contributed by atoms with Crippen LogP contribution in [-0.4, -0.2) is 41.5 Å². The van der Waals surface area contributed by atoms with Gasteiger partial charge in [0.1, 0.15) is 0 Å². The molecule has 1 heterocycles. The summed E-state index contributed by atoms with van der Waals surface area (Å²) in [5, 5.41) is 12.0. The predicted octanol–water partition coefficient (Wildman–Crippen LogP) is 3.99. The number of anilines is 1. The van der Waals surface area contributed by atoms with Crippen molar-refractivity contribution in [3.63, 3.8) is 0 Å². The van der Waals surface area contributed by atoms with Gasteiger partial charge in [-0.3, -0.25) is 14.5 Å². The third-order valence-electron chi connectivity index (χ3n) is 4.44. The van der Waals surface area contributed by atoms with Gasteiger partial charge in [-0.2, -0.15) is 0 Å². The summed E-state index contributed by atoms with van der Waals surface area (Å²) in [4.78, 5) is 27.6. The second kappa shape index (κ2) is 10.3. The molecule has 0 radical (unpaired) electrons. The van der Waals surface area contributed by atoms with Gasteiger partial charge in [0.2, 0.25) is 5.91 Å². The van der Waals surface area contributed by atoms with Crippen molar-refractivity contribution in [2.45, 2.75) is 22.6 Å². The van der Waals surface area contributed by atoms with Crippen molar-refractivity contribution in [3.05, 3.63) is 54.6 Å². The number of hydrogen-bond donors (Lipinski definition) is 2. The van der Waals surface area contributed by atoms with Crippen LogP contribution in [0.2, 0.25) is 0 Å². The standard InChI is InChI=1S/C20H22N2O3S.ClH/c23-19(14-22-12-10-15(11-13-22)20(24)25)21-17-8-4-5-9-18(17)26-16-6-2-1-3-7-16;/h1-9,15H,10-14H2,(H,21,23)(H,24,25);1H. The number of amides is 1. The van der Waals surface area contributed by atoms with Crippen LogP contribution in [0.15, 0.2) is 64.4 Å². The van der Waals surface area contributed by atoms with Crippen LogP contribution in [0.4, 0.5) is 5.69 Å². The number of hydrogen-bond acceptors (Lipinski definition) is 4. The van der Waals surface area contributed by atoms with Crippen LogP contribution in [0.3, 0.4) is 0 Å². The largest absolute Gasteiger partial charge is 0.481 e. The minimum absolute atomic E-state index is 0. The number of rotatable bonds is 6. The van der Waals surface area contributed by atoms with E-state index in [0.717, 1.165) is 15.5 Å². The van der Waals surface area contributed by atoms with Crippen molar-refractivity contribution in [2.24, 2.45) is 5.92 Å². The van der Waals surface area contributed by atoms with E-state index in [-0.39, 0.29) is 30.8 Å². The summed E-state index contributed by atoms with van der Waals surface area (Å²) in [7, 11) is 0. The summed E-state index contributed by atoms with van der Waals surface area (Å²) in [5.74, 6) is -1.09. The number of piperidine rings is 1. The second-order valence-corrected chi connectivity index (χ2v) is 7.46. The molecule has 27 heavy (non-hydrogen) atoms. The molecule has 2 aromatic rings. The van der Waals surface area contributed by atoms with Gasteiger partial charge in [0.15, 0.2) is 0 Å². The first-order valence-corrected chi connectivity index (χ1v) is 9.50. The number of carboxylic acids is 1. The van der Waals surface area contributed by atoms with Gasteiger partial charge in [0.25, 0.3) is 0 Å². The molecule has 0 saturated carbocycles. The van der Waals surface area contributed by atoms with Crippen LogP contribution in [0, 0.1) is 5.92 Å². The quantitative estimate of drug-likeness (QED) is 0.758. The molecule has 1 fully saturated rings. The SMILES string of the molecule is Cl.O=C(CN1CCC(C(=O)O)CC1)Nc1ccccc1Sc1ccccc1. The average Bonchev–Trinajstić information content (AvgIpc) is 2.64. The molecule has 144 valence electrons. The van der Waals surface area contributed by atoms with Crippen molar-refractivity contribution >= 4 is 41.7 Å². The van der Waals surface area contributed by atoms with Gasteiger partial charge in [0.05, 0.1) is 18.2 Å². The van der Waals surface area contributed by atoms with Gasteiger partial charge < -0.3 is 10.4 Å². The molecule has 0 bridgehead atoms. The maximum Gasteiger partial charge on any atom is 0.306 e. The molecule has 7 heteroatoms. The number of carboxylic acid groups (broad SMARTS) is 1. The second-order valence-electron chi connectivity index (χ2n) is 6.35. The van der Waals surface area contributed by atoms with Crippen LogP contribution in [0.1, 0.15) is 12.8 Å². The van der Waals surface area contributed by atoms with E-state index in [1.807, 2.05) is 59.5 Å². The number of halogens is 1. The number of para-hydroxylation sites is 1. The lowest BCUT2D eigenvalue weighted by atomic mass is 9.97. The number of benzene rings is 2. The number of nitrogens with zero attached hydrogens (tertiary/aromatic N) is 1. The fourth-order valence-electron chi connectivity index (χ4n) is 3.01. The smallest absolute Gasteiger partial charge is 0.306 e. The lowest BCUT2D eigenvalue weighted by Gasteiger charge is -2.29. The predicted molar refractivity (Wildman–Crippen MR) is 110 cm³/mol. The van der Waals surface area contributed by atoms with E-state index < -0.39 is 5.97 Å². The van der Waals surface area contributed by atoms with Crippen LogP contribution < -0.4 is 5.32 Å². The number of aliphatic carboxylic acids is 1. The normalized spacial score (nSPS) is 15.0. The topological polar surface area (TPSA) is 69.6 Å². The monoisotopic (exact) mass is 406 g/mol. The molecule has 5 nitrogen and oxygen atoms in total. The first-order chi connectivity index (χ1) is 12.6. The molecule has 1 aliphatic rings. The van der Waals surface area contributed by atoms with Crippen LogP contribution in [0.25, 0.3) is 0 Å². The lowest BCUT2D eigenvalue weighted by Crippen LogP contribution is -2.40. The Labute approximate surface area is 169 Å². The maximum atomic E-state index is 12.4. The Morgan fingerprint density at radius 3 is 2.33 bits per heavy atom. The molecule has 0 aliphatic carbocycles. The van der Waals surface area contributed by atoms with Crippen molar-refractivity contribution in [1.29, 1.82) is 0 Å². The summed E-state index contributed by atoms with van der Waals surface area (Å²) < 4.78 is 0. The van der Waals surface area contributed by atoms with E-state index in [0.29, 0.717) is 25.9 Å². The molecule has 2 N–H and O–H groups in total. The highest BCUT2D eigenvalue weighted by Gasteiger charge is 2.25. The highest BCUT2D eigenvalue weighted by atomic mass is 35.5. The Hall–Kier alpha value is -2.02. The Kier molecular flexibility index (Phi) is 8.16. The van der Waals surface area contributed by atoms with Gasteiger partial charge in [0, 0.05) is 9.79 Å². The molecule has 0 atom stereocenters. The summed E-state index contributed by atoms with van der Waals surface area (Å²) in [5.41, 5.74) is 0.798. The van der Waals surface area contributed by atoms with E-state index in [4.69, 9.17) is 5.11 Å². The molecule has 0 aromatic heterocycles. The molecular weight excluding hydrogens is 384 g/mol. The molecule has 3 rings (SSSR count). The van der Waals surface area contributed by atoms with Crippen molar-refractivity contribution in [3.8, 4) is 0 Å². The van der Waals surface area contributed by atoms with Crippen LogP contribution in [-0.2, 0) is 9.59 Å². The summed E-state index contributed by atoms with van der Waals surface area (Å²) in [6.45, 7) is 1.58. The van der Waals surface area contributed by atoms with E-state index >= 15 is 0 Å². The van der Waals surface area contributed by atoms with Crippen molar-refractivity contribution in [2.75, 3.05) is 25.0 Å². The van der Waals surface area contributed by atoms with E-state index in [9.17, 15) is 9.59 Å². The first kappa shape index (κ1) is 21.3. The Morgan fingerprint density at radius 2 is 1.67 bits per heavy atom. The minimum Gasteiger partial charge on any atom is -0.481 e. The minimum atomic E-state index is -0.735. The number of nitrogens with one attached hydrogen (secondary N) is 1. The van der Waals surface area contributed by atoms with Gasteiger partial charge in [-0.25, -0.2) is 0 Å². The maximum absolute atomic E-state index is 12.4. The van der Waals surface area contributed by atoms with Gasteiger partial charge in [-0.15, -0.1) is 12.4 Å². The molecule has 1 saturated heterocycles.